The predicted molar refractivity (Wildman–Crippen MR) is 95.6 cm³/mol. The van der Waals surface area contributed by atoms with Crippen LogP contribution in [0.3, 0.4) is 0 Å². The van der Waals surface area contributed by atoms with E-state index in [4.69, 9.17) is 5.73 Å². The molecule has 2 aromatic heterocycles. The Balaban J connectivity index is 2.00. The number of benzene rings is 2. The normalized spacial score (nSPS) is 11.7. The summed E-state index contributed by atoms with van der Waals surface area (Å²) >= 11 is 0. The molecule has 25 heavy (non-hydrogen) atoms. The average molecular weight is 350 g/mol. The second-order valence-corrected chi connectivity index (χ2v) is 7.42. The highest BCUT2D eigenvalue weighted by Gasteiger charge is 2.27. The average Bonchev–Trinajstić information content (AvgIpc) is 2.99. The Bertz CT molecular complexity index is 1150. The molecule has 0 aliphatic carbocycles. The Hall–Kier alpha value is -3.19. The molecule has 0 saturated heterocycles. The zero-order valence-corrected chi connectivity index (χ0v) is 13.9. The lowest BCUT2D eigenvalue weighted by Crippen LogP contribution is -2.04. The molecular formula is C18H14N4O2S. The number of aromatic amines is 1. The Labute approximate surface area is 144 Å². The fraction of sp³-hybridized carbons (Fsp3) is 0. The lowest BCUT2D eigenvalue weighted by molar-refractivity contribution is 0.597. The maximum Gasteiger partial charge on any atom is 0.210 e. The second kappa shape index (κ2) is 5.71. The summed E-state index contributed by atoms with van der Waals surface area (Å²) in [5.74, 6) is 0.0748. The standard InChI is InChI=1S/C18H14N4O2S/c19-18-17(25(23,24)13-9-5-2-6-10-13)14-11-20-22-15(16(14)21-18)12-7-3-1-4-8-12/h1-11,21H,19H2. The molecule has 0 atom stereocenters. The number of nitrogen functional groups attached to an aromatic ring is 1. The van der Waals surface area contributed by atoms with Crippen molar-refractivity contribution < 1.29 is 8.42 Å². The topological polar surface area (TPSA) is 102 Å². The zero-order valence-electron chi connectivity index (χ0n) is 13.0. The van der Waals surface area contributed by atoms with E-state index in [1.807, 2.05) is 30.3 Å². The number of hydrogen-bond acceptors (Lipinski definition) is 5. The Morgan fingerprint density at radius 2 is 1.56 bits per heavy atom. The molecule has 0 aliphatic heterocycles. The highest BCUT2D eigenvalue weighted by atomic mass is 32.2. The van der Waals surface area contributed by atoms with Gasteiger partial charge in [0.25, 0.3) is 0 Å². The van der Waals surface area contributed by atoms with Crippen LogP contribution in [-0.4, -0.2) is 23.6 Å². The van der Waals surface area contributed by atoms with Gasteiger partial charge in [-0.05, 0) is 12.1 Å². The number of anilines is 1. The van der Waals surface area contributed by atoms with Crippen molar-refractivity contribution in [3.05, 3.63) is 66.9 Å². The smallest absolute Gasteiger partial charge is 0.210 e. The van der Waals surface area contributed by atoms with Crippen molar-refractivity contribution in [1.82, 2.24) is 15.2 Å². The number of sulfone groups is 1. The lowest BCUT2D eigenvalue weighted by atomic mass is 10.1. The summed E-state index contributed by atoms with van der Waals surface area (Å²) in [6.07, 6.45) is 1.42. The number of fused-ring (bicyclic) bond motifs is 1. The highest BCUT2D eigenvalue weighted by molar-refractivity contribution is 7.92. The van der Waals surface area contributed by atoms with Gasteiger partial charge >= 0.3 is 0 Å². The van der Waals surface area contributed by atoms with Crippen LogP contribution in [0.15, 0.2) is 76.7 Å². The van der Waals surface area contributed by atoms with Crippen molar-refractivity contribution in [2.45, 2.75) is 9.79 Å². The van der Waals surface area contributed by atoms with Gasteiger partial charge in [0.1, 0.15) is 16.4 Å². The molecule has 2 aromatic carbocycles. The molecule has 7 heteroatoms. The summed E-state index contributed by atoms with van der Waals surface area (Å²) in [7, 11) is -3.78. The van der Waals surface area contributed by atoms with Crippen molar-refractivity contribution in [2.24, 2.45) is 0 Å². The van der Waals surface area contributed by atoms with Crippen molar-refractivity contribution in [3.8, 4) is 11.3 Å². The molecule has 2 heterocycles. The Morgan fingerprint density at radius 1 is 0.920 bits per heavy atom. The van der Waals surface area contributed by atoms with E-state index in [9.17, 15) is 8.42 Å². The molecule has 4 aromatic rings. The van der Waals surface area contributed by atoms with Gasteiger partial charge < -0.3 is 10.7 Å². The second-order valence-electron chi connectivity index (χ2n) is 5.53. The van der Waals surface area contributed by atoms with Crippen molar-refractivity contribution in [2.75, 3.05) is 5.73 Å². The SMILES string of the molecule is Nc1[nH]c2c(-c3ccccc3)nncc2c1S(=O)(=O)c1ccccc1. The summed E-state index contributed by atoms with van der Waals surface area (Å²) in [5, 5.41) is 8.56. The first-order valence-electron chi connectivity index (χ1n) is 7.57. The fourth-order valence-corrected chi connectivity index (χ4v) is 4.36. The quantitative estimate of drug-likeness (QED) is 0.591. The molecule has 4 rings (SSSR count). The van der Waals surface area contributed by atoms with Gasteiger partial charge in [0.15, 0.2) is 0 Å². The minimum absolute atomic E-state index is 0.0285. The Morgan fingerprint density at radius 3 is 2.24 bits per heavy atom. The van der Waals surface area contributed by atoms with Gasteiger partial charge in [0.05, 0.1) is 16.6 Å². The zero-order chi connectivity index (χ0) is 17.4. The van der Waals surface area contributed by atoms with E-state index < -0.39 is 9.84 Å². The van der Waals surface area contributed by atoms with E-state index in [-0.39, 0.29) is 15.6 Å². The number of H-pyrrole nitrogens is 1. The number of hydrogen-bond donors (Lipinski definition) is 2. The minimum atomic E-state index is -3.78. The first-order valence-corrected chi connectivity index (χ1v) is 9.06. The third-order valence-corrected chi connectivity index (χ3v) is 5.84. The number of nitrogens with one attached hydrogen (secondary N) is 1. The maximum absolute atomic E-state index is 13.0. The van der Waals surface area contributed by atoms with Gasteiger partial charge in [-0.1, -0.05) is 48.5 Å². The summed E-state index contributed by atoms with van der Waals surface area (Å²) in [5.41, 5.74) is 7.96. The molecule has 124 valence electrons. The highest BCUT2D eigenvalue weighted by Crippen LogP contribution is 2.36. The molecule has 0 saturated carbocycles. The Kier molecular flexibility index (Phi) is 3.51. The van der Waals surface area contributed by atoms with Gasteiger partial charge in [-0.2, -0.15) is 5.10 Å². The first kappa shape index (κ1) is 15.3. The molecule has 0 bridgehead atoms. The van der Waals surface area contributed by atoms with Crippen LogP contribution in [0.25, 0.3) is 22.2 Å². The number of aromatic nitrogens is 3. The summed E-state index contributed by atoms with van der Waals surface area (Å²) in [4.78, 5) is 3.18. The molecule has 0 spiro atoms. The first-order chi connectivity index (χ1) is 12.1. The summed E-state index contributed by atoms with van der Waals surface area (Å²) in [6.45, 7) is 0. The molecular weight excluding hydrogens is 336 g/mol. The van der Waals surface area contributed by atoms with E-state index >= 15 is 0 Å². The van der Waals surface area contributed by atoms with Crippen molar-refractivity contribution in [3.63, 3.8) is 0 Å². The van der Waals surface area contributed by atoms with Crippen LogP contribution in [0.1, 0.15) is 0 Å². The van der Waals surface area contributed by atoms with Gasteiger partial charge in [0, 0.05) is 10.9 Å². The predicted octanol–water partition coefficient (Wildman–Crippen LogP) is 3.04. The van der Waals surface area contributed by atoms with Crippen molar-refractivity contribution >= 4 is 26.6 Å². The molecule has 0 fully saturated rings. The van der Waals surface area contributed by atoms with Gasteiger partial charge in [-0.3, -0.25) is 0 Å². The number of nitrogens with zero attached hydrogens (tertiary/aromatic N) is 2. The summed E-state index contributed by atoms with van der Waals surface area (Å²) in [6, 6.07) is 17.6. The van der Waals surface area contributed by atoms with Crippen LogP contribution in [-0.2, 0) is 9.84 Å². The van der Waals surface area contributed by atoms with E-state index in [1.165, 1.54) is 6.20 Å². The molecule has 0 aliphatic rings. The van der Waals surface area contributed by atoms with Crippen molar-refractivity contribution in [1.29, 1.82) is 0 Å². The van der Waals surface area contributed by atoms with Gasteiger partial charge in [-0.25, -0.2) is 8.42 Å². The van der Waals surface area contributed by atoms with Crippen LogP contribution in [0, 0.1) is 0 Å². The monoisotopic (exact) mass is 350 g/mol. The molecule has 6 nitrogen and oxygen atoms in total. The van der Waals surface area contributed by atoms with E-state index in [0.717, 1.165) is 5.56 Å². The van der Waals surface area contributed by atoms with E-state index in [0.29, 0.717) is 16.6 Å². The van der Waals surface area contributed by atoms with Crippen LogP contribution < -0.4 is 5.73 Å². The van der Waals surface area contributed by atoms with E-state index in [1.54, 1.807) is 30.3 Å². The van der Waals surface area contributed by atoms with Crippen LogP contribution in [0.2, 0.25) is 0 Å². The third kappa shape index (κ3) is 2.45. The molecule has 0 amide bonds. The molecule has 0 radical (unpaired) electrons. The van der Waals surface area contributed by atoms with Crippen LogP contribution >= 0.6 is 0 Å². The number of rotatable bonds is 3. The lowest BCUT2D eigenvalue weighted by Gasteiger charge is -2.04. The molecule has 0 unspecified atom stereocenters. The van der Waals surface area contributed by atoms with Crippen LogP contribution in [0.4, 0.5) is 5.82 Å². The number of nitrogens with two attached hydrogens (primary N) is 1. The largest absolute Gasteiger partial charge is 0.384 e. The third-order valence-electron chi connectivity index (χ3n) is 3.97. The van der Waals surface area contributed by atoms with Gasteiger partial charge in [0.2, 0.25) is 9.84 Å². The molecule has 3 N–H and O–H groups in total. The van der Waals surface area contributed by atoms with E-state index in [2.05, 4.69) is 15.2 Å². The van der Waals surface area contributed by atoms with Gasteiger partial charge in [-0.15, -0.1) is 5.10 Å². The maximum atomic E-state index is 13.0. The fourth-order valence-electron chi connectivity index (χ4n) is 2.83. The summed E-state index contributed by atoms with van der Waals surface area (Å²) < 4.78 is 26.1. The minimum Gasteiger partial charge on any atom is -0.384 e. The van der Waals surface area contributed by atoms with Crippen LogP contribution in [0.5, 0.6) is 0 Å².